The molecule has 0 heterocycles. The summed E-state index contributed by atoms with van der Waals surface area (Å²) in [5.41, 5.74) is 1.14. The molecule has 0 aliphatic carbocycles. The highest BCUT2D eigenvalue weighted by molar-refractivity contribution is 14.1. The normalized spacial score (nSPS) is 13.5. The number of halogens is 1. The van der Waals surface area contributed by atoms with E-state index in [1.807, 2.05) is 30.3 Å². The van der Waals surface area contributed by atoms with Gasteiger partial charge in [-0.25, -0.2) is 5.16 Å². The van der Waals surface area contributed by atoms with E-state index in [0.717, 1.165) is 5.56 Å². The van der Waals surface area contributed by atoms with Crippen molar-refractivity contribution in [3.05, 3.63) is 41.1 Å². The first-order valence-corrected chi connectivity index (χ1v) is 4.49. The lowest BCUT2D eigenvalue weighted by Gasteiger charge is -1.99. The van der Waals surface area contributed by atoms with Gasteiger partial charge in [-0.15, -0.1) is 0 Å². The van der Waals surface area contributed by atoms with E-state index in [-0.39, 0.29) is 3.92 Å². The molecule has 1 atom stereocenters. The second-order valence-electron chi connectivity index (χ2n) is 2.10. The van der Waals surface area contributed by atoms with Gasteiger partial charge in [0.2, 0.25) is 0 Å². The highest BCUT2D eigenvalue weighted by Crippen LogP contribution is 2.18. The molecule has 0 spiro atoms. The quantitative estimate of drug-likeness (QED) is 0.276. The highest BCUT2D eigenvalue weighted by Gasteiger charge is 2.03. The lowest BCUT2D eigenvalue weighted by atomic mass is 10.2. The summed E-state index contributed by atoms with van der Waals surface area (Å²) in [6.07, 6.45) is 1.51. The van der Waals surface area contributed by atoms with Gasteiger partial charge >= 0.3 is 0 Å². The molecule has 1 N–H and O–H groups in total. The van der Waals surface area contributed by atoms with Gasteiger partial charge in [-0.3, -0.25) is 0 Å². The lowest BCUT2D eigenvalue weighted by molar-refractivity contribution is -0.368. The molecule has 3 heteroatoms. The molecule has 1 unspecified atom stereocenters. The van der Waals surface area contributed by atoms with Gasteiger partial charge in [0.1, 0.15) is 3.92 Å². The van der Waals surface area contributed by atoms with Crippen LogP contribution in [-0.4, -0.2) is 6.21 Å². The zero-order valence-electron chi connectivity index (χ0n) is 5.83. The van der Waals surface area contributed by atoms with Crippen molar-refractivity contribution in [1.82, 2.24) is 0 Å². The van der Waals surface area contributed by atoms with Crippen LogP contribution < -0.4 is 5.16 Å². The molecule has 0 amide bonds. The molecular weight excluding hydrogens is 253 g/mol. The fraction of sp³-hybridized carbons (Fsp3) is 0.125. The Labute approximate surface area is 79.1 Å². The molecule has 0 saturated carbocycles. The summed E-state index contributed by atoms with van der Waals surface area (Å²) < 4.78 is 0.145. The first-order valence-electron chi connectivity index (χ1n) is 3.24. The number of hydrogen-bond donors (Lipinski definition) is 1. The highest BCUT2D eigenvalue weighted by atomic mass is 127. The maximum atomic E-state index is 10.0. The summed E-state index contributed by atoms with van der Waals surface area (Å²) in [4.78, 5) is 0. The Balaban J connectivity index is 2.76. The van der Waals surface area contributed by atoms with Crippen LogP contribution in [0.1, 0.15) is 9.49 Å². The summed E-state index contributed by atoms with van der Waals surface area (Å²) in [6, 6.07) is 9.85. The molecule has 0 aromatic heterocycles. The Hall–Kier alpha value is -0.580. The Morgan fingerprint density at radius 2 is 2.00 bits per heavy atom. The molecule has 0 aliphatic rings. The Morgan fingerprint density at radius 1 is 1.36 bits per heavy atom. The van der Waals surface area contributed by atoms with E-state index in [2.05, 4.69) is 22.6 Å². The van der Waals surface area contributed by atoms with Crippen LogP contribution in [0.15, 0.2) is 30.3 Å². The molecule has 0 radical (unpaired) electrons. The Morgan fingerprint density at radius 3 is 2.55 bits per heavy atom. The lowest BCUT2D eigenvalue weighted by Crippen LogP contribution is -2.60. The molecule has 0 fully saturated rings. The first kappa shape index (κ1) is 8.52. The molecule has 2 nitrogen and oxygen atoms in total. The largest absolute Gasteiger partial charge is 0.626 e. The minimum Gasteiger partial charge on any atom is -0.626 e. The summed E-state index contributed by atoms with van der Waals surface area (Å²) in [7, 11) is 0. The van der Waals surface area contributed by atoms with Gasteiger partial charge in [-0.1, -0.05) is 52.9 Å². The van der Waals surface area contributed by atoms with Crippen molar-refractivity contribution in [3.63, 3.8) is 0 Å². The molecule has 1 aromatic carbocycles. The minimum atomic E-state index is 0.145. The maximum Gasteiger partial charge on any atom is 0.166 e. The van der Waals surface area contributed by atoms with Crippen molar-refractivity contribution in [3.8, 4) is 0 Å². The predicted molar refractivity (Wildman–Crippen MR) is 53.6 cm³/mol. The van der Waals surface area contributed by atoms with Gasteiger partial charge in [0.05, 0.1) is 0 Å². The standard InChI is InChI=1S/C8H8INO/c9-8(6-10-11)7-4-2-1-3-5-7/h1-6,8,10H. The van der Waals surface area contributed by atoms with Gasteiger partial charge < -0.3 is 5.21 Å². The van der Waals surface area contributed by atoms with E-state index in [1.54, 1.807) is 5.16 Å². The third-order valence-electron chi connectivity index (χ3n) is 1.33. The second-order valence-corrected chi connectivity index (χ2v) is 3.44. The third kappa shape index (κ3) is 2.49. The predicted octanol–water partition coefficient (Wildman–Crippen LogP) is 0.812. The van der Waals surface area contributed by atoms with E-state index in [9.17, 15) is 5.21 Å². The molecule has 0 aliphatic heterocycles. The van der Waals surface area contributed by atoms with E-state index in [1.165, 1.54) is 6.21 Å². The van der Waals surface area contributed by atoms with Gasteiger partial charge in [-0.2, -0.15) is 0 Å². The molecule has 58 valence electrons. The fourth-order valence-corrected chi connectivity index (χ4v) is 1.35. The van der Waals surface area contributed by atoms with E-state index < -0.39 is 0 Å². The van der Waals surface area contributed by atoms with Crippen LogP contribution in [-0.2, 0) is 0 Å². The van der Waals surface area contributed by atoms with Crippen molar-refractivity contribution in [1.29, 1.82) is 0 Å². The monoisotopic (exact) mass is 261 g/mol. The van der Waals surface area contributed by atoms with Crippen LogP contribution in [0.25, 0.3) is 0 Å². The number of rotatable bonds is 2. The minimum absolute atomic E-state index is 0.145. The number of hydrogen-bond acceptors (Lipinski definition) is 1. The molecule has 0 saturated heterocycles. The number of alkyl halides is 1. The summed E-state index contributed by atoms with van der Waals surface area (Å²) in [5.74, 6) is 0. The van der Waals surface area contributed by atoms with Crippen molar-refractivity contribution in [2.75, 3.05) is 0 Å². The number of nitrogens with one attached hydrogen (secondary N) is 1. The summed E-state index contributed by atoms with van der Waals surface area (Å²) >= 11 is 2.19. The molecular formula is C8H8INO. The molecule has 11 heavy (non-hydrogen) atoms. The second kappa shape index (κ2) is 4.33. The van der Waals surface area contributed by atoms with Gasteiger partial charge in [0.15, 0.2) is 6.21 Å². The zero-order valence-corrected chi connectivity index (χ0v) is 7.99. The van der Waals surface area contributed by atoms with Crippen LogP contribution in [0.5, 0.6) is 0 Å². The summed E-state index contributed by atoms with van der Waals surface area (Å²) in [5, 5.41) is 11.8. The average Bonchev–Trinajstić information content (AvgIpc) is 2.07. The van der Waals surface area contributed by atoms with Gasteiger partial charge in [0, 0.05) is 0 Å². The van der Waals surface area contributed by atoms with Crippen LogP contribution >= 0.6 is 22.6 Å². The van der Waals surface area contributed by atoms with Crippen molar-refractivity contribution in [2.24, 2.45) is 0 Å². The maximum absolute atomic E-state index is 10.0. The van der Waals surface area contributed by atoms with Crippen LogP contribution in [0.3, 0.4) is 0 Å². The zero-order chi connectivity index (χ0) is 8.10. The smallest absolute Gasteiger partial charge is 0.166 e. The van der Waals surface area contributed by atoms with Crippen molar-refractivity contribution >= 4 is 28.8 Å². The number of benzene rings is 1. The average molecular weight is 261 g/mol. The Bertz CT molecular complexity index is 235. The molecule has 0 bridgehead atoms. The van der Waals surface area contributed by atoms with Gasteiger partial charge in [-0.05, 0) is 5.56 Å². The van der Waals surface area contributed by atoms with Crippen LogP contribution in [0.4, 0.5) is 0 Å². The third-order valence-corrected chi connectivity index (χ3v) is 2.41. The summed E-state index contributed by atoms with van der Waals surface area (Å²) in [6.45, 7) is 0. The molecule has 1 rings (SSSR count). The first-order chi connectivity index (χ1) is 5.34. The van der Waals surface area contributed by atoms with Crippen LogP contribution in [0.2, 0.25) is 0 Å². The van der Waals surface area contributed by atoms with E-state index in [4.69, 9.17) is 0 Å². The van der Waals surface area contributed by atoms with Crippen molar-refractivity contribution < 1.29 is 5.16 Å². The fourth-order valence-electron chi connectivity index (χ4n) is 0.793. The topological polar surface area (TPSA) is 37.0 Å². The van der Waals surface area contributed by atoms with E-state index in [0.29, 0.717) is 0 Å². The van der Waals surface area contributed by atoms with Gasteiger partial charge in [0.25, 0.3) is 0 Å². The SMILES string of the molecule is [O-][NH+]=CC(I)c1ccccc1. The van der Waals surface area contributed by atoms with Crippen LogP contribution in [0, 0.1) is 5.21 Å². The van der Waals surface area contributed by atoms with Crippen molar-refractivity contribution in [2.45, 2.75) is 3.92 Å². The Kier molecular flexibility index (Phi) is 3.35. The van der Waals surface area contributed by atoms with E-state index >= 15 is 0 Å². The molecule has 1 aromatic rings.